The molecule has 30 heavy (non-hydrogen) atoms. The molecule has 1 amide bonds. The van der Waals surface area contributed by atoms with E-state index in [0.29, 0.717) is 5.88 Å². The number of piperidine rings is 1. The van der Waals surface area contributed by atoms with Crippen molar-refractivity contribution in [2.24, 2.45) is 12.5 Å². The highest BCUT2D eigenvalue weighted by Gasteiger charge is 2.48. The lowest BCUT2D eigenvalue weighted by Gasteiger charge is -2.51. The van der Waals surface area contributed by atoms with Gasteiger partial charge in [-0.25, -0.2) is 4.79 Å². The molecule has 1 saturated carbocycles. The maximum Gasteiger partial charge on any atom is 0.410 e. The summed E-state index contributed by atoms with van der Waals surface area (Å²) in [6.45, 7) is 9.16. The summed E-state index contributed by atoms with van der Waals surface area (Å²) in [5.41, 5.74) is 2.54. The van der Waals surface area contributed by atoms with Crippen molar-refractivity contribution in [3.05, 3.63) is 24.0 Å². The molecule has 0 unspecified atom stereocenters. The molecule has 1 aliphatic carbocycles. The molecule has 2 aliphatic rings. The van der Waals surface area contributed by atoms with Gasteiger partial charge in [0, 0.05) is 38.0 Å². The summed E-state index contributed by atoms with van der Waals surface area (Å²) < 4.78 is 13.3. The average molecular weight is 414 g/mol. The first kappa shape index (κ1) is 20.6. The van der Waals surface area contributed by atoms with Gasteiger partial charge in [0.1, 0.15) is 11.7 Å². The van der Waals surface area contributed by atoms with Gasteiger partial charge in [-0.05, 0) is 64.9 Å². The fraction of sp³-hybridized carbons (Fsp3) is 0.636. The summed E-state index contributed by atoms with van der Waals surface area (Å²) in [5.74, 6) is 0.561. The van der Waals surface area contributed by atoms with Gasteiger partial charge in [0.05, 0.1) is 11.4 Å². The van der Waals surface area contributed by atoms with E-state index in [1.807, 2.05) is 58.0 Å². The van der Waals surface area contributed by atoms with Gasteiger partial charge in [-0.3, -0.25) is 4.68 Å². The van der Waals surface area contributed by atoms with Gasteiger partial charge in [-0.2, -0.15) is 5.10 Å². The second kappa shape index (κ2) is 7.56. The Morgan fingerprint density at radius 2 is 1.87 bits per heavy atom. The van der Waals surface area contributed by atoms with Crippen LogP contribution in [0, 0.1) is 12.3 Å². The van der Waals surface area contributed by atoms with Crippen LogP contribution < -0.4 is 4.74 Å². The number of ether oxygens (including phenoxy) is 2. The van der Waals surface area contributed by atoms with Crippen LogP contribution in [0.1, 0.15) is 52.1 Å². The fourth-order valence-corrected chi connectivity index (χ4v) is 4.44. The van der Waals surface area contributed by atoms with E-state index in [4.69, 9.17) is 9.47 Å². The molecule has 0 radical (unpaired) electrons. The molecule has 1 aliphatic heterocycles. The van der Waals surface area contributed by atoms with Gasteiger partial charge in [0.25, 0.3) is 0 Å². The number of nitrogens with zero attached hydrogens (tertiary/aromatic N) is 5. The number of likely N-dealkylation sites (tertiary alicyclic amines) is 1. The molecule has 2 aromatic heterocycles. The molecule has 0 atom stereocenters. The highest BCUT2D eigenvalue weighted by molar-refractivity contribution is 5.68. The topological polar surface area (TPSA) is 82.4 Å². The minimum atomic E-state index is -0.450. The first-order chi connectivity index (χ1) is 14.1. The Balaban J connectivity index is 1.26. The van der Waals surface area contributed by atoms with Gasteiger partial charge in [0.15, 0.2) is 0 Å². The molecule has 1 saturated heterocycles. The molecule has 2 aromatic rings. The van der Waals surface area contributed by atoms with Gasteiger partial charge in [0.2, 0.25) is 5.88 Å². The summed E-state index contributed by atoms with van der Waals surface area (Å²) in [5, 5.41) is 12.9. The molecule has 0 bridgehead atoms. The second-order valence-corrected chi connectivity index (χ2v) is 9.67. The van der Waals surface area contributed by atoms with Crippen molar-refractivity contribution < 1.29 is 14.3 Å². The van der Waals surface area contributed by atoms with E-state index in [1.165, 1.54) is 0 Å². The SMILES string of the molecule is Cc1nn(C)cc1-c1ccc(OC2CC3(CCN(C(=O)OC(C)(C)C)CC3)C2)nn1. The minimum absolute atomic E-state index is 0.165. The van der Waals surface area contributed by atoms with Crippen molar-refractivity contribution in [2.75, 3.05) is 13.1 Å². The van der Waals surface area contributed by atoms with E-state index in [0.717, 1.165) is 55.7 Å². The Labute approximate surface area is 177 Å². The Kier molecular flexibility index (Phi) is 5.20. The smallest absolute Gasteiger partial charge is 0.410 e. The fourth-order valence-electron chi connectivity index (χ4n) is 4.44. The van der Waals surface area contributed by atoms with Gasteiger partial charge < -0.3 is 14.4 Å². The van der Waals surface area contributed by atoms with Crippen molar-refractivity contribution in [1.82, 2.24) is 24.9 Å². The molecule has 4 rings (SSSR count). The number of hydrogen-bond donors (Lipinski definition) is 0. The lowest BCUT2D eigenvalue weighted by molar-refractivity contribution is -0.0599. The molecule has 8 heteroatoms. The standard InChI is InChI=1S/C22H31N5O3/c1-15-17(14-26(5)25-15)18-6-7-19(24-23-18)29-16-12-22(13-16)8-10-27(11-9-22)20(28)30-21(2,3)4/h6-7,14,16H,8-13H2,1-5H3. The van der Waals surface area contributed by atoms with Gasteiger partial charge >= 0.3 is 6.09 Å². The zero-order valence-electron chi connectivity index (χ0n) is 18.5. The van der Waals surface area contributed by atoms with E-state index in [-0.39, 0.29) is 17.6 Å². The number of carbonyl (C=O) groups is 1. The van der Waals surface area contributed by atoms with Crippen LogP contribution in [-0.4, -0.2) is 55.8 Å². The molecular formula is C22H31N5O3. The average Bonchev–Trinajstić information content (AvgIpc) is 2.98. The summed E-state index contributed by atoms with van der Waals surface area (Å²) >= 11 is 0. The summed E-state index contributed by atoms with van der Waals surface area (Å²) in [6.07, 6.45) is 5.90. The van der Waals surface area contributed by atoms with Crippen molar-refractivity contribution >= 4 is 6.09 Å². The monoisotopic (exact) mass is 413 g/mol. The number of hydrogen-bond acceptors (Lipinski definition) is 6. The molecule has 2 fully saturated rings. The zero-order valence-corrected chi connectivity index (χ0v) is 18.5. The van der Waals surface area contributed by atoms with Gasteiger partial charge in [-0.1, -0.05) is 0 Å². The van der Waals surface area contributed by atoms with Gasteiger partial charge in [-0.15, -0.1) is 10.2 Å². The maximum absolute atomic E-state index is 12.2. The van der Waals surface area contributed by atoms with Crippen molar-refractivity contribution in [3.8, 4) is 17.1 Å². The zero-order chi connectivity index (χ0) is 21.5. The highest BCUT2D eigenvalue weighted by Crippen LogP contribution is 2.50. The molecule has 0 aromatic carbocycles. The summed E-state index contributed by atoms with van der Waals surface area (Å²) in [6, 6.07) is 3.81. The van der Waals surface area contributed by atoms with E-state index < -0.39 is 5.60 Å². The third-order valence-corrected chi connectivity index (χ3v) is 6.01. The maximum atomic E-state index is 12.2. The Morgan fingerprint density at radius 1 is 1.17 bits per heavy atom. The second-order valence-electron chi connectivity index (χ2n) is 9.67. The van der Waals surface area contributed by atoms with Crippen LogP contribution in [0.5, 0.6) is 5.88 Å². The molecule has 3 heterocycles. The highest BCUT2D eigenvalue weighted by atomic mass is 16.6. The number of rotatable bonds is 3. The molecule has 1 spiro atoms. The quantitative estimate of drug-likeness (QED) is 0.762. The van der Waals surface area contributed by atoms with Crippen molar-refractivity contribution in [2.45, 2.75) is 65.1 Å². The summed E-state index contributed by atoms with van der Waals surface area (Å²) in [7, 11) is 1.89. The Hall–Kier alpha value is -2.64. The number of carbonyl (C=O) groups excluding carboxylic acids is 1. The lowest BCUT2D eigenvalue weighted by Crippen LogP contribution is -2.52. The Morgan fingerprint density at radius 3 is 2.40 bits per heavy atom. The first-order valence-corrected chi connectivity index (χ1v) is 10.6. The van der Waals surface area contributed by atoms with Crippen LogP contribution in [0.3, 0.4) is 0 Å². The number of aromatic nitrogens is 4. The van der Waals surface area contributed by atoms with Crippen molar-refractivity contribution in [3.63, 3.8) is 0 Å². The van der Waals surface area contributed by atoms with Crippen LogP contribution in [0.4, 0.5) is 4.79 Å². The van der Waals surface area contributed by atoms with Crippen LogP contribution in [-0.2, 0) is 11.8 Å². The summed E-state index contributed by atoms with van der Waals surface area (Å²) in [4.78, 5) is 14.1. The Bertz CT molecular complexity index is 900. The van der Waals surface area contributed by atoms with E-state index in [1.54, 1.807) is 4.68 Å². The van der Waals surface area contributed by atoms with Crippen LogP contribution in [0.15, 0.2) is 18.3 Å². The molecule has 162 valence electrons. The molecular weight excluding hydrogens is 382 g/mol. The third kappa shape index (κ3) is 4.42. The van der Waals surface area contributed by atoms with Crippen molar-refractivity contribution in [1.29, 1.82) is 0 Å². The van der Waals surface area contributed by atoms with E-state index >= 15 is 0 Å². The largest absolute Gasteiger partial charge is 0.473 e. The number of aryl methyl sites for hydroxylation is 2. The normalized spacial score (nSPS) is 18.9. The molecule has 0 N–H and O–H groups in total. The predicted molar refractivity (Wildman–Crippen MR) is 112 cm³/mol. The van der Waals surface area contributed by atoms with Crippen LogP contribution in [0.2, 0.25) is 0 Å². The lowest BCUT2D eigenvalue weighted by atomic mass is 9.61. The third-order valence-electron chi connectivity index (χ3n) is 6.01. The first-order valence-electron chi connectivity index (χ1n) is 10.6. The van der Waals surface area contributed by atoms with E-state index in [2.05, 4.69) is 15.3 Å². The molecule has 8 nitrogen and oxygen atoms in total. The van der Waals surface area contributed by atoms with Crippen LogP contribution in [0.25, 0.3) is 11.3 Å². The minimum Gasteiger partial charge on any atom is -0.473 e. The van der Waals surface area contributed by atoms with E-state index in [9.17, 15) is 4.79 Å². The van der Waals surface area contributed by atoms with Crippen LogP contribution >= 0.6 is 0 Å². The number of amides is 1. The predicted octanol–water partition coefficient (Wildman–Crippen LogP) is 3.74.